The van der Waals surface area contributed by atoms with Crippen molar-refractivity contribution in [2.45, 2.75) is 13.8 Å². The number of carbonyl (C=O) groups excluding carboxylic acids is 1. The Morgan fingerprint density at radius 2 is 2.14 bits per heavy atom. The van der Waals surface area contributed by atoms with Crippen LogP contribution in [-0.4, -0.2) is 22.6 Å². The molecule has 0 saturated heterocycles. The maximum absolute atomic E-state index is 12.3. The minimum atomic E-state index is -0.274. The predicted octanol–water partition coefficient (Wildman–Crippen LogP) is 2.29. The Bertz CT molecular complexity index is 727. The van der Waals surface area contributed by atoms with Gasteiger partial charge in [0, 0.05) is 11.8 Å². The lowest BCUT2D eigenvalue weighted by Crippen LogP contribution is -2.15. The molecule has 0 aliphatic rings. The first-order valence-corrected chi connectivity index (χ1v) is 6.55. The van der Waals surface area contributed by atoms with E-state index in [0.29, 0.717) is 16.9 Å². The first kappa shape index (κ1) is 14.8. The van der Waals surface area contributed by atoms with Gasteiger partial charge in [-0.1, -0.05) is 24.0 Å². The van der Waals surface area contributed by atoms with E-state index in [1.165, 1.54) is 0 Å². The molecule has 1 heterocycles. The zero-order valence-corrected chi connectivity index (χ0v) is 12.0. The number of aliphatic hydroxyl groups is 1. The number of hydrogen-bond donors (Lipinski definition) is 2. The lowest BCUT2D eigenvalue weighted by molar-refractivity contribution is 0.102. The van der Waals surface area contributed by atoms with Crippen molar-refractivity contribution in [2.75, 3.05) is 11.9 Å². The molecule has 0 saturated carbocycles. The minimum Gasteiger partial charge on any atom is -0.384 e. The Morgan fingerprint density at radius 3 is 2.86 bits per heavy atom. The second-order valence-corrected chi connectivity index (χ2v) is 4.63. The topological polar surface area (TPSA) is 62.2 Å². The maximum Gasteiger partial charge on any atom is 0.274 e. The third-order valence-electron chi connectivity index (χ3n) is 2.95. The van der Waals surface area contributed by atoms with E-state index in [9.17, 15) is 4.79 Å². The van der Waals surface area contributed by atoms with Crippen LogP contribution in [0.15, 0.2) is 36.5 Å². The number of aliphatic hydroxyl groups excluding tert-OH is 1. The Kier molecular flexibility index (Phi) is 4.70. The number of amides is 1. The molecule has 2 N–H and O–H groups in total. The summed E-state index contributed by atoms with van der Waals surface area (Å²) in [6.07, 6.45) is 1.59. The fourth-order valence-electron chi connectivity index (χ4n) is 1.91. The molecule has 0 fully saturated rings. The Labute approximate surface area is 123 Å². The lowest BCUT2D eigenvalue weighted by Gasteiger charge is -2.09. The lowest BCUT2D eigenvalue weighted by atomic mass is 10.1. The highest BCUT2D eigenvalue weighted by molar-refractivity contribution is 6.04. The van der Waals surface area contributed by atoms with Crippen molar-refractivity contribution in [1.82, 2.24) is 4.98 Å². The highest BCUT2D eigenvalue weighted by atomic mass is 16.2. The summed E-state index contributed by atoms with van der Waals surface area (Å²) in [4.78, 5) is 16.4. The predicted molar refractivity (Wildman–Crippen MR) is 82.1 cm³/mol. The number of benzene rings is 1. The van der Waals surface area contributed by atoms with Crippen molar-refractivity contribution in [2.24, 2.45) is 0 Å². The number of rotatable bonds is 2. The maximum atomic E-state index is 12.3. The van der Waals surface area contributed by atoms with Gasteiger partial charge in [0.25, 0.3) is 5.91 Å². The van der Waals surface area contributed by atoms with Crippen LogP contribution < -0.4 is 5.32 Å². The second kappa shape index (κ2) is 6.69. The molecule has 0 atom stereocenters. The third-order valence-corrected chi connectivity index (χ3v) is 2.95. The van der Waals surface area contributed by atoms with E-state index in [0.717, 1.165) is 11.1 Å². The summed E-state index contributed by atoms with van der Waals surface area (Å²) in [5.41, 5.74) is 3.51. The molecule has 0 aliphatic carbocycles. The van der Waals surface area contributed by atoms with Crippen LogP contribution in [0.2, 0.25) is 0 Å². The molecular formula is C17H16N2O2. The summed E-state index contributed by atoms with van der Waals surface area (Å²) in [6.45, 7) is 3.56. The van der Waals surface area contributed by atoms with Crippen LogP contribution in [0.5, 0.6) is 0 Å². The fraction of sp³-hybridized carbons (Fsp3) is 0.176. The molecular weight excluding hydrogens is 264 g/mol. The van der Waals surface area contributed by atoms with Gasteiger partial charge in [0.05, 0.1) is 5.69 Å². The number of pyridine rings is 1. The van der Waals surface area contributed by atoms with Crippen LogP contribution in [0.25, 0.3) is 0 Å². The smallest absolute Gasteiger partial charge is 0.274 e. The molecule has 4 heteroatoms. The number of hydrogen-bond acceptors (Lipinski definition) is 3. The minimum absolute atomic E-state index is 0.222. The summed E-state index contributed by atoms with van der Waals surface area (Å²) >= 11 is 0. The number of carbonyl (C=O) groups is 1. The first-order valence-electron chi connectivity index (χ1n) is 6.55. The highest BCUT2D eigenvalue weighted by Crippen LogP contribution is 2.17. The first-order chi connectivity index (χ1) is 10.1. The van der Waals surface area contributed by atoms with Crippen molar-refractivity contribution in [3.63, 3.8) is 0 Å². The van der Waals surface area contributed by atoms with Gasteiger partial charge in [-0.05, 0) is 43.2 Å². The van der Waals surface area contributed by atoms with Gasteiger partial charge in [-0.25, -0.2) is 0 Å². The molecule has 1 amide bonds. The van der Waals surface area contributed by atoms with Crippen molar-refractivity contribution in [1.29, 1.82) is 0 Å². The average molecular weight is 280 g/mol. The van der Waals surface area contributed by atoms with Crippen LogP contribution in [0.3, 0.4) is 0 Å². The van der Waals surface area contributed by atoms with Gasteiger partial charge in [-0.3, -0.25) is 9.78 Å². The van der Waals surface area contributed by atoms with Crippen molar-refractivity contribution in [3.05, 3.63) is 58.9 Å². The molecule has 1 aromatic carbocycles. The van der Waals surface area contributed by atoms with E-state index in [4.69, 9.17) is 5.11 Å². The molecule has 4 nitrogen and oxygen atoms in total. The number of aromatic nitrogens is 1. The Balaban J connectivity index is 2.31. The molecule has 0 spiro atoms. The van der Waals surface area contributed by atoms with E-state index >= 15 is 0 Å². The zero-order valence-electron chi connectivity index (χ0n) is 12.0. The van der Waals surface area contributed by atoms with Crippen molar-refractivity contribution in [3.8, 4) is 11.8 Å². The van der Waals surface area contributed by atoms with E-state index in [1.54, 1.807) is 18.3 Å². The largest absolute Gasteiger partial charge is 0.384 e. The van der Waals surface area contributed by atoms with Crippen LogP contribution in [0.1, 0.15) is 27.2 Å². The summed E-state index contributed by atoms with van der Waals surface area (Å²) in [5.74, 6) is 5.16. The summed E-state index contributed by atoms with van der Waals surface area (Å²) < 4.78 is 0. The Morgan fingerprint density at radius 1 is 1.33 bits per heavy atom. The highest BCUT2D eigenvalue weighted by Gasteiger charge is 2.12. The molecule has 1 aromatic heterocycles. The van der Waals surface area contributed by atoms with Gasteiger partial charge >= 0.3 is 0 Å². The van der Waals surface area contributed by atoms with Crippen LogP contribution in [0, 0.1) is 25.7 Å². The van der Waals surface area contributed by atoms with E-state index in [-0.39, 0.29) is 12.5 Å². The normalized spacial score (nSPS) is 9.67. The van der Waals surface area contributed by atoms with Crippen LogP contribution >= 0.6 is 0 Å². The van der Waals surface area contributed by atoms with E-state index < -0.39 is 0 Å². The second-order valence-electron chi connectivity index (χ2n) is 4.63. The number of nitrogens with one attached hydrogen (secondary N) is 1. The molecule has 106 valence electrons. The van der Waals surface area contributed by atoms with Crippen LogP contribution in [-0.2, 0) is 0 Å². The van der Waals surface area contributed by atoms with Crippen LogP contribution in [0.4, 0.5) is 5.69 Å². The standard InChI is InChI=1S/C17H16N2O2/c1-12-7-8-15(14(11-12)6-4-10-20)19-17(21)16-13(2)5-3-9-18-16/h3,5,7-9,11,20H,10H2,1-2H3,(H,19,21). The summed E-state index contributed by atoms with van der Waals surface area (Å²) in [7, 11) is 0. The fourth-order valence-corrected chi connectivity index (χ4v) is 1.91. The van der Waals surface area contributed by atoms with Gasteiger partial charge in [0.15, 0.2) is 0 Å². The summed E-state index contributed by atoms with van der Waals surface area (Å²) in [6, 6.07) is 9.18. The van der Waals surface area contributed by atoms with Gasteiger partial charge in [0.1, 0.15) is 12.3 Å². The Hall–Kier alpha value is -2.64. The number of anilines is 1. The van der Waals surface area contributed by atoms with Gasteiger partial charge in [0.2, 0.25) is 0 Å². The number of nitrogens with zero attached hydrogens (tertiary/aromatic N) is 1. The van der Waals surface area contributed by atoms with Crippen molar-refractivity contribution < 1.29 is 9.90 Å². The molecule has 0 bridgehead atoms. The zero-order chi connectivity index (χ0) is 15.2. The molecule has 21 heavy (non-hydrogen) atoms. The molecule has 0 aliphatic heterocycles. The number of aryl methyl sites for hydroxylation is 2. The van der Waals surface area contributed by atoms with Gasteiger partial charge in [-0.15, -0.1) is 0 Å². The van der Waals surface area contributed by atoms with Gasteiger partial charge in [-0.2, -0.15) is 0 Å². The molecule has 0 unspecified atom stereocenters. The SMILES string of the molecule is Cc1ccc(NC(=O)c2ncccc2C)c(C#CCO)c1. The third kappa shape index (κ3) is 3.68. The van der Waals surface area contributed by atoms with E-state index in [1.807, 2.05) is 32.0 Å². The molecule has 2 rings (SSSR count). The average Bonchev–Trinajstić information content (AvgIpc) is 2.47. The quantitative estimate of drug-likeness (QED) is 0.830. The van der Waals surface area contributed by atoms with E-state index in [2.05, 4.69) is 22.1 Å². The monoisotopic (exact) mass is 280 g/mol. The van der Waals surface area contributed by atoms with Crippen molar-refractivity contribution >= 4 is 11.6 Å². The van der Waals surface area contributed by atoms with Gasteiger partial charge < -0.3 is 10.4 Å². The molecule has 0 radical (unpaired) electrons. The summed E-state index contributed by atoms with van der Waals surface area (Å²) in [5, 5.41) is 11.6. The molecule has 2 aromatic rings.